The summed E-state index contributed by atoms with van der Waals surface area (Å²) >= 11 is 10.2. The molecule has 0 bridgehead atoms. The van der Waals surface area contributed by atoms with E-state index < -0.39 is 37.9 Å². The molecule has 15 heavy (non-hydrogen) atoms. The molecular formula is C5H9Cl2O7P. The Hall–Kier alpha value is 0.120. The zero-order valence-corrected chi connectivity index (χ0v) is 9.65. The number of rotatable bonds is 6. The van der Waals surface area contributed by atoms with Crippen molar-refractivity contribution in [1.29, 1.82) is 0 Å². The second-order valence-corrected chi connectivity index (χ2v) is 4.62. The molecule has 0 aliphatic heterocycles. The van der Waals surface area contributed by atoms with Gasteiger partial charge in [0.15, 0.2) is 0 Å². The fourth-order valence-electron chi connectivity index (χ4n) is 0.549. The molecule has 0 aromatic carbocycles. The predicted molar refractivity (Wildman–Crippen MR) is 50.5 cm³/mol. The van der Waals surface area contributed by atoms with E-state index in [2.05, 4.69) is 9.26 Å². The van der Waals surface area contributed by atoms with E-state index in [4.69, 9.17) is 38.1 Å². The lowest BCUT2D eigenvalue weighted by molar-refractivity contribution is -0.144. The third-order valence-electron chi connectivity index (χ3n) is 1.08. The number of phosphoric ester groups is 1. The van der Waals surface area contributed by atoms with E-state index in [9.17, 15) is 9.36 Å². The molecule has 0 rings (SSSR count). The third kappa shape index (κ3) is 7.98. The summed E-state index contributed by atoms with van der Waals surface area (Å²) in [5.41, 5.74) is 0. The van der Waals surface area contributed by atoms with E-state index in [1.165, 1.54) is 0 Å². The van der Waals surface area contributed by atoms with Crippen molar-refractivity contribution in [1.82, 2.24) is 0 Å². The molecule has 0 fully saturated rings. The quantitative estimate of drug-likeness (QED) is 0.351. The fraction of sp³-hybridized carbons (Fsp3) is 0.800. The fourth-order valence-corrected chi connectivity index (χ4v) is 1.19. The number of hydrogen-bond acceptors (Lipinski definition) is 5. The zero-order chi connectivity index (χ0) is 12.1. The highest BCUT2D eigenvalue weighted by atomic mass is 35.5. The second-order valence-electron chi connectivity index (χ2n) is 2.33. The van der Waals surface area contributed by atoms with E-state index in [0.29, 0.717) is 0 Å². The highest BCUT2D eigenvalue weighted by Gasteiger charge is 2.24. The minimum Gasteiger partial charge on any atom is -0.461 e. The van der Waals surface area contributed by atoms with Crippen molar-refractivity contribution in [2.45, 2.75) is 10.9 Å². The highest BCUT2D eigenvalue weighted by molar-refractivity contribution is 7.46. The van der Waals surface area contributed by atoms with Gasteiger partial charge < -0.3 is 19.6 Å². The molecule has 7 nitrogen and oxygen atoms in total. The molecule has 1 atom stereocenters. The van der Waals surface area contributed by atoms with Crippen molar-refractivity contribution in [3.8, 4) is 0 Å². The van der Waals surface area contributed by atoms with Crippen LogP contribution < -0.4 is 0 Å². The van der Waals surface area contributed by atoms with Gasteiger partial charge in [-0.05, 0) is 0 Å². The van der Waals surface area contributed by atoms with Gasteiger partial charge in [-0.1, -0.05) is 23.2 Å². The predicted octanol–water partition coefficient (Wildman–Crippen LogP) is -0.196. The van der Waals surface area contributed by atoms with Gasteiger partial charge in [0, 0.05) is 0 Å². The molecule has 0 aliphatic carbocycles. The molecule has 0 amide bonds. The maximum absolute atomic E-state index is 10.7. The number of ether oxygens (including phenoxy) is 1. The summed E-state index contributed by atoms with van der Waals surface area (Å²) in [5.74, 6) is -0.994. The van der Waals surface area contributed by atoms with Crippen LogP contribution in [-0.4, -0.2) is 45.0 Å². The number of phosphoric acid groups is 1. The molecule has 10 heteroatoms. The molecule has 0 aliphatic rings. The van der Waals surface area contributed by atoms with Crippen LogP contribution in [0.25, 0.3) is 0 Å². The molecular weight excluding hydrogens is 274 g/mol. The molecule has 1 unspecified atom stereocenters. The Kier molecular flexibility index (Phi) is 6.70. The Labute approximate surface area is 95.1 Å². The van der Waals surface area contributed by atoms with Gasteiger partial charge in [-0.2, -0.15) is 0 Å². The van der Waals surface area contributed by atoms with Crippen molar-refractivity contribution < 1.29 is 33.5 Å². The molecule has 0 aromatic heterocycles. The highest BCUT2D eigenvalue weighted by Crippen LogP contribution is 2.37. The first-order valence-electron chi connectivity index (χ1n) is 3.56. The number of carbonyl (C=O) groups is 1. The number of alkyl halides is 2. The van der Waals surface area contributed by atoms with Gasteiger partial charge in [-0.3, -0.25) is 4.52 Å². The van der Waals surface area contributed by atoms with Gasteiger partial charge in [-0.15, -0.1) is 0 Å². The van der Waals surface area contributed by atoms with Gasteiger partial charge in [0.1, 0.15) is 12.7 Å². The summed E-state index contributed by atoms with van der Waals surface area (Å²) in [5, 5.41) is 8.62. The van der Waals surface area contributed by atoms with Crippen LogP contribution in [0.5, 0.6) is 0 Å². The number of esters is 1. The van der Waals surface area contributed by atoms with Crippen LogP contribution in [-0.2, 0) is 18.6 Å². The van der Waals surface area contributed by atoms with Crippen molar-refractivity contribution in [2.24, 2.45) is 0 Å². The second kappa shape index (κ2) is 6.65. The molecule has 90 valence electrons. The van der Waals surface area contributed by atoms with Crippen LogP contribution in [0.1, 0.15) is 0 Å². The molecule has 0 saturated carbocycles. The number of carbonyl (C=O) groups excluding carboxylic acids is 1. The Morgan fingerprint density at radius 3 is 2.27 bits per heavy atom. The average molecular weight is 283 g/mol. The van der Waals surface area contributed by atoms with Crippen LogP contribution in [0.4, 0.5) is 0 Å². The Morgan fingerprint density at radius 1 is 1.40 bits per heavy atom. The van der Waals surface area contributed by atoms with Crippen molar-refractivity contribution in [2.75, 3.05) is 13.2 Å². The smallest absolute Gasteiger partial charge is 0.461 e. The lowest BCUT2D eigenvalue weighted by atomic mass is 10.4. The summed E-state index contributed by atoms with van der Waals surface area (Å²) in [4.78, 5) is 26.1. The molecule has 0 aromatic rings. The first kappa shape index (κ1) is 15.1. The Bertz CT molecular complexity index is 252. The molecule has 0 spiro atoms. The zero-order valence-electron chi connectivity index (χ0n) is 7.25. The first-order valence-corrected chi connectivity index (χ1v) is 5.96. The first-order chi connectivity index (χ1) is 6.76. The number of hydrogen-bond donors (Lipinski definition) is 3. The summed E-state index contributed by atoms with van der Waals surface area (Å²) in [7, 11) is -4.74. The molecule has 0 radical (unpaired) electrons. The van der Waals surface area contributed by atoms with Crippen molar-refractivity contribution >= 4 is 37.0 Å². The monoisotopic (exact) mass is 282 g/mol. The minimum absolute atomic E-state index is 0.559. The van der Waals surface area contributed by atoms with E-state index in [1.807, 2.05) is 0 Å². The molecule has 0 heterocycles. The largest absolute Gasteiger partial charge is 0.470 e. The van der Waals surface area contributed by atoms with Gasteiger partial charge in [0.2, 0.25) is 4.84 Å². The van der Waals surface area contributed by atoms with Crippen LogP contribution in [0, 0.1) is 0 Å². The van der Waals surface area contributed by atoms with Crippen molar-refractivity contribution in [3.05, 3.63) is 0 Å². The minimum atomic E-state index is -4.74. The van der Waals surface area contributed by atoms with Gasteiger partial charge in [0.25, 0.3) is 0 Å². The standard InChI is InChI=1S/C5H9Cl2O7P/c6-4(7)5(9)13-2-3(1-8)14-15(10,11)12/h3-4,8H,1-2H2,(H2,10,11,12). The SMILES string of the molecule is O=C(OCC(CO)OP(=O)(O)O)C(Cl)Cl. The van der Waals surface area contributed by atoms with Crippen LogP contribution >= 0.6 is 31.0 Å². The summed E-state index contributed by atoms with van der Waals surface area (Å²) in [6, 6.07) is 0. The van der Waals surface area contributed by atoms with Gasteiger partial charge in [-0.25, -0.2) is 9.36 Å². The maximum atomic E-state index is 10.7. The molecule has 3 N–H and O–H groups in total. The number of aliphatic hydroxyl groups is 1. The lowest BCUT2D eigenvalue weighted by Gasteiger charge is -2.15. The summed E-state index contributed by atoms with van der Waals surface area (Å²) in [6.07, 6.45) is -1.33. The summed E-state index contributed by atoms with van der Waals surface area (Å²) < 4.78 is 18.8. The number of aliphatic hydroxyl groups excluding tert-OH is 1. The van der Waals surface area contributed by atoms with Crippen LogP contribution in [0.2, 0.25) is 0 Å². The van der Waals surface area contributed by atoms with Crippen LogP contribution in [0.3, 0.4) is 0 Å². The normalized spacial score (nSPS) is 14.0. The Balaban J connectivity index is 4.02. The van der Waals surface area contributed by atoms with Crippen LogP contribution in [0.15, 0.2) is 0 Å². The van der Waals surface area contributed by atoms with Gasteiger partial charge in [0.05, 0.1) is 6.61 Å². The topological polar surface area (TPSA) is 113 Å². The average Bonchev–Trinajstić information content (AvgIpc) is 2.09. The van der Waals surface area contributed by atoms with E-state index in [-0.39, 0.29) is 0 Å². The summed E-state index contributed by atoms with van der Waals surface area (Å²) in [6.45, 7) is -1.29. The van der Waals surface area contributed by atoms with Crippen molar-refractivity contribution in [3.63, 3.8) is 0 Å². The van der Waals surface area contributed by atoms with E-state index in [0.717, 1.165) is 0 Å². The van der Waals surface area contributed by atoms with E-state index in [1.54, 1.807) is 0 Å². The number of halogens is 2. The lowest BCUT2D eigenvalue weighted by Crippen LogP contribution is -2.26. The maximum Gasteiger partial charge on any atom is 0.470 e. The van der Waals surface area contributed by atoms with Gasteiger partial charge >= 0.3 is 13.8 Å². The molecule has 0 saturated heterocycles. The Morgan fingerprint density at radius 2 is 1.93 bits per heavy atom. The van der Waals surface area contributed by atoms with E-state index >= 15 is 0 Å². The third-order valence-corrected chi connectivity index (χ3v) is 2.01.